The van der Waals surface area contributed by atoms with E-state index in [-0.39, 0.29) is 18.5 Å². The van der Waals surface area contributed by atoms with Crippen LogP contribution in [0.25, 0.3) is 0 Å². The van der Waals surface area contributed by atoms with Gasteiger partial charge in [0, 0.05) is 28.2 Å². The Balaban J connectivity index is 1.71. The first-order valence-corrected chi connectivity index (χ1v) is 9.84. The minimum absolute atomic E-state index is 0.0778. The lowest BCUT2D eigenvalue weighted by Gasteiger charge is -2.17. The summed E-state index contributed by atoms with van der Waals surface area (Å²) in [6.07, 6.45) is 0. The largest absolute Gasteiger partial charge is 0.488 e. The number of ether oxygens (including phenoxy) is 1. The van der Waals surface area contributed by atoms with Gasteiger partial charge in [0.15, 0.2) is 0 Å². The van der Waals surface area contributed by atoms with E-state index in [0.29, 0.717) is 22.9 Å². The van der Waals surface area contributed by atoms with Crippen LogP contribution in [0.4, 0.5) is 4.39 Å². The van der Waals surface area contributed by atoms with Crippen molar-refractivity contribution in [1.82, 2.24) is 5.32 Å². The molecule has 2 nitrogen and oxygen atoms in total. The van der Waals surface area contributed by atoms with Gasteiger partial charge in [0.2, 0.25) is 0 Å². The zero-order valence-corrected chi connectivity index (χ0v) is 17.2. The molecule has 27 heavy (non-hydrogen) atoms. The molecule has 0 amide bonds. The summed E-state index contributed by atoms with van der Waals surface area (Å²) in [5.74, 6) is 0.335. The highest BCUT2D eigenvalue weighted by molar-refractivity contribution is 9.10. The molecule has 1 N–H and O–H groups in total. The molecule has 3 aromatic rings. The van der Waals surface area contributed by atoms with E-state index < -0.39 is 0 Å². The molecule has 0 saturated heterocycles. The fraction of sp³-hybridized carbons (Fsp3) is 0.182. The summed E-state index contributed by atoms with van der Waals surface area (Å²) >= 11 is 9.59. The lowest BCUT2D eigenvalue weighted by atomic mass is 10.1. The predicted molar refractivity (Wildman–Crippen MR) is 112 cm³/mol. The van der Waals surface area contributed by atoms with Crippen LogP contribution in [0.15, 0.2) is 71.2 Å². The monoisotopic (exact) mass is 447 g/mol. The third-order valence-corrected chi connectivity index (χ3v) is 5.20. The molecule has 0 aliphatic carbocycles. The molecule has 0 aromatic heterocycles. The van der Waals surface area contributed by atoms with Crippen LogP contribution in [0.3, 0.4) is 0 Å². The first-order valence-electron chi connectivity index (χ1n) is 8.67. The Morgan fingerprint density at radius 3 is 2.59 bits per heavy atom. The normalized spacial score (nSPS) is 12.0. The van der Waals surface area contributed by atoms with Gasteiger partial charge in [-0.15, -0.1) is 0 Å². The fourth-order valence-corrected chi connectivity index (χ4v) is 3.40. The number of halogens is 3. The van der Waals surface area contributed by atoms with Crippen LogP contribution in [0.2, 0.25) is 5.02 Å². The second kappa shape index (κ2) is 9.36. The lowest BCUT2D eigenvalue weighted by molar-refractivity contribution is 0.295. The molecule has 0 fully saturated rings. The van der Waals surface area contributed by atoms with Crippen LogP contribution in [0.1, 0.15) is 29.7 Å². The molecule has 0 saturated carbocycles. The minimum Gasteiger partial charge on any atom is -0.488 e. The Morgan fingerprint density at radius 2 is 1.85 bits per heavy atom. The molecule has 5 heteroatoms. The van der Waals surface area contributed by atoms with E-state index >= 15 is 0 Å². The number of rotatable bonds is 7. The Bertz CT molecular complexity index is 884. The van der Waals surface area contributed by atoms with E-state index in [0.717, 1.165) is 10.0 Å². The van der Waals surface area contributed by atoms with Crippen LogP contribution in [0.5, 0.6) is 5.75 Å². The van der Waals surface area contributed by atoms with Gasteiger partial charge >= 0.3 is 0 Å². The minimum atomic E-state index is -0.364. The Kier molecular flexibility index (Phi) is 6.89. The maximum atomic E-state index is 14.0. The third-order valence-electron chi connectivity index (χ3n) is 4.35. The van der Waals surface area contributed by atoms with Crippen molar-refractivity contribution in [3.63, 3.8) is 0 Å². The molecular weight excluding hydrogens is 429 g/mol. The van der Waals surface area contributed by atoms with Gasteiger partial charge in [-0.05, 0) is 42.8 Å². The molecule has 3 aromatic carbocycles. The number of hydrogen-bond acceptors (Lipinski definition) is 2. The van der Waals surface area contributed by atoms with Crippen molar-refractivity contribution in [1.29, 1.82) is 0 Å². The first-order chi connectivity index (χ1) is 13.0. The van der Waals surface area contributed by atoms with Crippen molar-refractivity contribution >= 4 is 27.5 Å². The smallest absolute Gasteiger partial charge is 0.131 e. The SMILES string of the molecule is CC(NCc1cc(Br)ccc1OCc1c(F)cccc1Cl)c1ccccc1. The molecule has 0 aliphatic rings. The molecule has 140 valence electrons. The fourth-order valence-electron chi connectivity index (χ4n) is 2.77. The van der Waals surface area contributed by atoms with Crippen LogP contribution in [0, 0.1) is 5.82 Å². The number of hydrogen-bond donors (Lipinski definition) is 1. The van der Waals surface area contributed by atoms with Crippen molar-refractivity contribution in [3.8, 4) is 5.75 Å². The van der Waals surface area contributed by atoms with Gasteiger partial charge in [0.25, 0.3) is 0 Å². The summed E-state index contributed by atoms with van der Waals surface area (Å²) in [5.41, 5.74) is 2.56. The van der Waals surface area contributed by atoms with Crippen LogP contribution < -0.4 is 10.1 Å². The van der Waals surface area contributed by atoms with Crippen molar-refractivity contribution in [3.05, 3.63) is 98.7 Å². The Morgan fingerprint density at radius 1 is 1.07 bits per heavy atom. The van der Waals surface area contributed by atoms with Gasteiger partial charge in [0.1, 0.15) is 18.2 Å². The summed E-state index contributed by atoms with van der Waals surface area (Å²) in [4.78, 5) is 0. The van der Waals surface area contributed by atoms with Gasteiger partial charge in [0.05, 0.1) is 5.02 Å². The van der Waals surface area contributed by atoms with Gasteiger partial charge in [-0.25, -0.2) is 4.39 Å². The quantitative estimate of drug-likeness (QED) is 0.436. The summed E-state index contributed by atoms with van der Waals surface area (Å²) < 4.78 is 20.8. The maximum Gasteiger partial charge on any atom is 0.131 e. The van der Waals surface area contributed by atoms with Crippen molar-refractivity contribution in [2.24, 2.45) is 0 Å². The number of nitrogens with one attached hydrogen (secondary N) is 1. The van der Waals surface area contributed by atoms with Crippen LogP contribution >= 0.6 is 27.5 Å². The zero-order chi connectivity index (χ0) is 19.2. The molecule has 0 aliphatic heterocycles. The Hall–Kier alpha value is -1.88. The molecule has 1 unspecified atom stereocenters. The van der Waals surface area contributed by atoms with Gasteiger partial charge in [-0.1, -0.05) is 63.9 Å². The Labute approximate surface area is 172 Å². The molecule has 0 radical (unpaired) electrons. The summed E-state index contributed by atoms with van der Waals surface area (Å²) in [6.45, 7) is 2.82. The average molecular weight is 449 g/mol. The van der Waals surface area contributed by atoms with E-state index in [2.05, 4.69) is 40.3 Å². The van der Waals surface area contributed by atoms with Crippen molar-refractivity contribution in [2.45, 2.75) is 26.1 Å². The van der Waals surface area contributed by atoms with Crippen molar-refractivity contribution < 1.29 is 9.13 Å². The molecule has 1 atom stereocenters. The molecular formula is C22H20BrClFNO. The van der Waals surface area contributed by atoms with Crippen molar-refractivity contribution in [2.75, 3.05) is 0 Å². The lowest BCUT2D eigenvalue weighted by Crippen LogP contribution is -2.18. The standard InChI is InChI=1S/C22H20BrClFNO/c1-15(16-6-3-2-4-7-16)26-13-17-12-18(23)10-11-22(17)27-14-19-20(24)8-5-9-21(19)25/h2-12,15,26H,13-14H2,1H3. The average Bonchev–Trinajstić information content (AvgIpc) is 2.67. The third kappa shape index (κ3) is 5.32. The maximum absolute atomic E-state index is 14.0. The highest BCUT2D eigenvalue weighted by atomic mass is 79.9. The summed E-state index contributed by atoms with van der Waals surface area (Å²) in [6, 6.07) is 20.9. The molecule has 0 bridgehead atoms. The summed E-state index contributed by atoms with van der Waals surface area (Å²) in [5, 5.41) is 3.87. The highest BCUT2D eigenvalue weighted by Gasteiger charge is 2.11. The summed E-state index contributed by atoms with van der Waals surface area (Å²) in [7, 11) is 0. The van der Waals surface area contributed by atoms with E-state index in [9.17, 15) is 4.39 Å². The second-order valence-corrected chi connectivity index (χ2v) is 7.58. The van der Waals surface area contributed by atoms with E-state index in [4.69, 9.17) is 16.3 Å². The topological polar surface area (TPSA) is 21.3 Å². The number of benzene rings is 3. The van der Waals surface area contributed by atoms with Gasteiger partial charge < -0.3 is 10.1 Å². The molecule has 3 rings (SSSR count). The van der Waals surface area contributed by atoms with E-state index in [1.165, 1.54) is 11.6 Å². The van der Waals surface area contributed by atoms with Crippen LogP contribution in [-0.2, 0) is 13.2 Å². The molecule has 0 spiro atoms. The second-order valence-electron chi connectivity index (χ2n) is 6.25. The van der Waals surface area contributed by atoms with E-state index in [1.807, 2.05) is 36.4 Å². The van der Waals surface area contributed by atoms with Crippen LogP contribution in [-0.4, -0.2) is 0 Å². The van der Waals surface area contributed by atoms with Gasteiger partial charge in [-0.2, -0.15) is 0 Å². The first kappa shape index (κ1) is 19.9. The molecule has 0 heterocycles. The van der Waals surface area contributed by atoms with Gasteiger partial charge in [-0.3, -0.25) is 0 Å². The van der Waals surface area contributed by atoms with E-state index in [1.54, 1.807) is 12.1 Å². The highest BCUT2D eigenvalue weighted by Crippen LogP contribution is 2.27. The zero-order valence-electron chi connectivity index (χ0n) is 14.9. The predicted octanol–water partition coefficient (Wildman–Crippen LogP) is 6.67.